The minimum absolute atomic E-state index is 0. The Morgan fingerprint density at radius 3 is 2.48 bits per heavy atom. The number of halogens is 1. The molecule has 0 heterocycles. The van der Waals surface area contributed by atoms with Crippen LogP contribution in [0.1, 0.15) is 28.4 Å². The molecule has 0 aromatic heterocycles. The molecule has 4 heteroatoms. The van der Waals surface area contributed by atoms with Crippen LogP contribution in [0.4, 0.5) is 0 Å². The number of hydrogen-bond acceptors (Lipinski definition) is 3. The predicted molar refractivity (Wildman–Crippen MR) is 97.7 cm³/mol. The summed E-state index contributed by atoms with van der Waals surface area (Å²) in [7, 11) is 0. The summed E-state index contributed by atoms with van der Waals surface area (Å²) in [6, 6.07) is 13.9. The Morgan fingerprint density at radius 1 is 1.09 bits per heavy atom. The highest BCUT2D eigenvalue weighted by molar-refractivity contribution is 5.85. The first-order valence-corrected chi connectivity index (χ1v) is 7.72. The molecule has 0 aliphatic carbocycles. The quantitative estimate of drug-likeness (QED) is 0.757. The third-order valence-electron chi connectivity index (χ3n) is 3.82. The normalized spacial score (nSPS) is 11.7. The zero-order valence-corrected chi connectivity index (χ0v) is 14.8. The maximum atomic E-state index is 10.1. The minimum atomic E-state index is -0.482. The summed E-state index contributed by atoms with van der Waals surface area (Å²) >= 11 is 0. The lowest BCUT2D eigenvalue weighted by Gasteiger charge is -2.14. The van der Waals surface area contributed by atoms with Crippen LogP contribution in [0, 0.1) is 20.8 Å². The van der Waals surface area contributed by atoms with Gasteiger partial charge in [-0.1, -0.05) is 36.4 Å². The summed E-state index contributed by atoms with van der Waals surface area (Å²) in [6.07, 6.45) is -0.482. The van der Waals surface area contributed by atoms with Gasteiger partial charge in [-0.05, 0) is 49.1 Å². The maximum absolute atomic E-state index is 10.1. The summed E-state index contributed by atoms with van der Waals surface area (Å²) in [6.45, 7) is 8.08. The lowest BCUT2D eigenvalue weighted by atomic mass is 10.1. The second-order valence-electron chi connectivity index (χ2n) is 5.68. The van der Waals surface area contributed by atoms with E-state index >= 15 is 0 Å². The van der Waals surface area contributed by atoms with Crippen molar-refractivity contribution in [2.75, 3.05) is 19.7 Å². The number of aliphatic hydroxyl groups is 1. The molecule has 2 aromatic carbocycles. The molecule has 0 spiro atoms. The zero-order chi connectivity index (χ0) is 15.9. The van der Waals surface area contributed by atoms with Gasteiger partial charge in [-0.2, -0.15) is 0 Å². The number of hydrogen-bond donors (Lipinski definition) is 2. The standard InChI is InChI=1S/C19H25NO2.ClH/c1-14-11-15(2)16(3)19(12-14)22-10-9-20-13-18(21)17-7-5-4-6-8-17;/h4-8,11-12,18,20-21H,9-10,13H2,1-3H3;1H. The molecule has 1 unspecified atom stereocenters. The third-order valence-corrected chi connectivity index (χ3v) is 3.82. The Balaban J connectivity index is 0.00000264. The van der Waals surface area contributed by atoms with Crippen LogP contribution < -0.4 is 10.1 Å². The van der Waals surface area contributed by atoms with Gasteiger partial charge in [0.15, 0.2) is 0 Å². The van der Waals surface area contributed by atoms with Gasteiger partial charge in [-0.25, -0.2) is 0 Å². The van der Waals surface area contributed by atoms with Gasteiger partial charge in [0.2, 0.25) is 0 Å². The summed E-state index contributed by atoms with van der Waals surface area (Å²) < 4.78 is 5.84. The fraction of sp³-hybridized carbons (Fsp3) is 0.368. The fourth-order valence-electron chi connectivity index (χ4n) is 2.42. The van der Waals surface area contributed by atoms with Gasteiger partial charge in [0.05, 0.1) is 6.10 Å². The molecule has 0 fully saturated rings. The molecule has 3 nitrogen and oxygen atoms in total. The van der Waals surface area contributed by atoms with Gasteiger partial charge in [0.25, 0.3) is 0 Å². The number of aryl methyl sites for hydroxylation is 2. The van der Waals surface area contributed by atoms with Crippen LogP contribution in [0.25, 0.3) is 0 Å². The largest absolute Gasteiger partial charge is 0.492 e. The van der Waals surface area contributed by atoms with Crippen LogP contribution in [-0.4, -0.2) is 24.8 Å². The third kappa shape index (κ3) is 5.87. The molecule has 0 bridgehead atoms. The molecule has 2 rings (SSSR count). The Morgan fingerprint density at radius 2 is 1.78 bits per heavy atom. The topological polar surface area (TPSA) is 41.5 Å². The second-order valence-corrected chi connectivity index (χ2v) is 5.68. The SMILES string of the molecule is Cc1cc(C)c(C)c(OCCNCC(O)c2ccccc2)c1.Cl. The fourth-order valence-corrected chi connectivity index (χ4v) is 2.42. The van der Waals surface area contributed by atoms with E-state index in [1.54, 1.807) is 0 Å². The molecule has 0 aliphatic heterocycles. The van der Waals surface area contributed by atoms with Crippen LogP contribution >= 0.6 is 12.4 Å². The van der Waals surface area contributed by atoms with Crippen LogP contribution in [0.3, 0.4) is 0 Å². The van der Waals surface area contributed by atoms with Crippen molar-refractivity contribution in [2.24, 2.45) is 0 Å². The average molecular weight is 336 g/mol. The molecule has 0 amide bonds. The highest BCUT2D eigenvalue weighted by atomic mass is 35.5. The van der Waals surface area contributed by atoms with Crippen LogP contribution in [0.5, 0.6) is 5.75 Å². The molecule has 23 heavy (non-hydrogen) atoms. The first kappa shape index (κ1) is 19.5. The lowest BCUT2D eigenvalue weighted by molar-refractivity contribution is 0.172. The van der Waals surface area contributed by atoms with Crippen LogP contribution in [0.2, 0.25) is 0 Å². The summed E-state index contributed by atoms with van der Waals surface area (Å²) in [5, 5.41) is 13.3. The van der Waals surface area contributed by atoms with Gasteiger partial charge < -0.3 is 15.2 Å². The number of aliphatic hydroxyl groups excluding tert-OH is 1. The van der Waals surface area contributed by atoms with E-state index in [0.717, 1.165) is 11.3 Å². The summed E-state index contributed by atoms with van der Waals surface area (Å²) in [5.41, 5.74) is 4.59. The Labute approximate surface area is 145 Å². The van der Waals surface area contributed by atoms with E-state index in [-0.39, 0.29) is 12.4 Å². The van der Waals surface area contributed by atoms with E-state index in [1.807, 2.05) is 30.3 Å². The lowest BCUT2D eigenvalue weighted by Crippen LogP contribution is -2.26. The van der Waals surface area contributed by atoms with Crippen molar-refractivity contribution in [2.45, 2.75) is 26.9 Å². The van der Waals surface area contributed by atoms with E-state index in [9.17, 15) is 5.11 Å². The number of ether oxygens (including phenoxy) is 1. The first-order valence-electron chi connectivity index (χ1n) is 7.72. The molecule has 2 N–H and O–H groups in total. The molecule has 1 atom stereocenters. The molecular formula is C19H26ClNO2. The zero-order valence-electron chi connectivity index (χ0n) is 14.0. The minimum Gasteiger partial charge on any atom is -0.492 e. The van der Waals surface area contributed by atoms with Crippen molar-refractivity contribution in [3.05, 3.63) is 64.7 Å². The van der Waals surface area contributed by atoms with E-state index in [1.165, 1.54) is 16.7 Å². The van der Waals surface area contributed by atoms with Gasteiger partial charge in [0, 0.05) is 13.1 Å². The maximum Gasteiger partial charge on any atom is 0.122 e. The monoisotopic (exact) mass is 335 g/mol. The van der Waals surface area contributed by atoms with E-state index in [2.05, 4.69) is 38.2 Å². The molecule has 126 valence electrons. The van der Waals surface area contributed by atoms with Crippen LogP contribution in [0.15, 0.2) is 42.5 Å². The molecular weight excluding hydrogens is 310 g/mol. The van der Waals surface area contributed by atoms with Gasteiger partial charge in [0.1, 0.15) is 12.4 Å². The van der Waals surface area contributed by atoms with Crippen LogP contribution in [-0.2, 0) is 0 Å². The van der Waals surface area contributed by atoms with Gasteiger partial charge in [-0.15, -0.1) is 12.4 Å². The van der Waals surface area contributed by atoms with Crippen molar-refractivity contribution in [3.8, 4) is 5.75 Å². The van der Waals surface area contributed by atoms with Crippen molar-refractivity contribution >= 4 is 12.4 Å². The highest BCUT2D eigenvalue weighted by Gasteiger charge is 2.06. The van der Waals surface area contributed by atoms with Crippen molar-refractivity contribution in [3.63, 3.8) is 0 Å². The van der Waals surface area contributed by atoms with E-state index in [4.69, 9.17) is 4.74 Å². The smallest absolute Gasteiger partial charge is 0.122 e. The summed E-state index contributed by atoms with van der Waals surface area (Å²) in [4.78, 5) is 0. The van der Waals surface area contributed by atoms with Gasteiger partial charge >= 0.3 is 0 Å². The number of rotatable bonds is 7. The Bertz CT molecular complexity index is 602. The van der Waals surface area contributed by atoms with Crippen molar-refractivity contribution in [1.29, 1.82) is 0 Å². The Hall–Kier alpha value is -1.55. The first-order chi connectivity index (χ1) is 10.6. The molecule has 0 saturated carbocycles. The molecule has 0 saturated heterocycles. The second kappa shape index (κ2) is 9.56. The molecule has 2 aromatic rings. The summed E-state index contributed by atoms with van der Waals surface area (Å²) in [5.74, 6) is 0.947. The number of benzene rings is 2. The molecule has 0 radical (unpaired) electrons. The predicted octanol–water partition coefficient (Wildman–Crippen LogP) is 3.74. The van der Waals surface area contributed by atoms with Gasteiger partial charge in [-0.3, -0.25) is 0 Å². The Kier molecular flexibility index (Phi) is 8.10. The molecule has 0 aliphatic rings. The van der Waals surface area contributed by atoms with E-state index in [0.29, 0.717) is 19.7 Å². The van der Waals surface area contributed by atoms with Crippen molar-refractivity contribution in [1.82, 2.24) is 5.32 Å². The van der Waals surface area contributed by atoms with Crippen molar-refractivity contribution < 1.29 is 9.84 Å². The average Bonchev–Trinajstić information content (AvgIpc) is 2.52. The van der Waals surface area contributed by atoms with E-state index < -0.39 is 6.10 Å². The highest BCUT2D eigenvalue weighted by Crippen LogP contribution is 2.23. The number of nitrogens with one attached hydrogen (secondary N) is 1.